The number of hydrogen-bond acceptors (Lipinski definition) is 6. The van der Waals surface area contributed by atoms with Gasteiger partial charge in [0.2, 0.25) is 28.6 Å². The predicted octanol–water partition coefficient (Wildman–Crippen LogP) is -0.566. The zero-order valence-electron chi connectivity index (χ0n) is 13.6. The minimum atomic E-state index is -3.29. The Balaban J connectivity index is 1.56. The molecule has 3 rings (SSSR count). The summed E-state index contributed by atoms with van der Waals surface area (Å²) in [4.78, 5) is 25.9. The van der Waals surface area contributed by atoms with Crippen molar-refractivity contribution in [2.45, 2.75) is 6.42 Å². The van der Waals surface area contributed by atoms with E-state index >= 15 is 0 Å². The van der Waals surface area contributed by atoms with Crippen molar-refractivity contribution in [3.8, 4) is 11.5 Å². The number of fused-ring (bicyclic) bond motifs is 1. The quantitative estimate of drug-likeness (QED) is 0.650. The molecule has 0 saturated carbocycles. The van der Waals surface area contributed by atoms with Crippen LogP contribution in [-0.2, 0) is 19.6 Å². The van der Waals surface area contributed by atoms with Gasteiger partial charge in [0, 0.05) is 37.8 Å². The van der Waals surface area contributed by atoms with Crippen molar-refractivity contribution in [2.75, 3.05) is 37.6 Å². The van der Waals surface area contributed by atoms with Crippen LogP contribution in [0.2, 0.25) is 0 Å². The summed E-state index contributed by atoms with van der Waals surface area (Å²) in [6, 6.07) is 5.20. The van der Waals surface area contributed by atoms with E-state index in [-0.39, 0.29) is 44.7 Å². The second-order valence-electron chi connectivity index (χ2n) is 5.90. The molecule has 10 heteroatoms. The van der Waals surface area contributed by atoms with Crippen LogP contribution in [0.25, 0.3) is 0 Å². The summed E-state index contributed by atoms with van der Waals surface area (Å²) >= 11 is 0. The van der Waals surface area contributed by atoms with E-state index in [1.807, 2.05) is 0 Å². The zero-order chi connectivity index (χ0) is 18.0. The second-order valence-corrected chi connectivity index (χ2v) is 7.73. The predicted molar refractivity (Wildman–Crippen MR) is 88.9 cm³/mol. The number of sulfonamides is 1. The van der Waals surface area contributed by atoms with E-state index in [0.29, 0.717) is 17.2 Å². The lowest BCUT2D eigenvalue weighted by atomic mass is 10.1. The SMILES string of the molecule is CS(=O)(=O)NCCNC(=O)C1CC(=O)N(c2ccc3c(c2)OCO3)C1. The number of carbonyl (C=O) groups excluding carboxylic acids is 2. The van der Waals surface area contributed by atoms with Crippen LogP contribution < -0.4 is 24.4 Å². The summed E-state index contributed by atoms with van der Waals surface area (Å²) in [5, 5.41) is 2.64. The first-order chi connectivity index (χ1) is 11.8. The summed E-state index contributed by atoms with van der Waals surface area (Å²) in [6.45, 7) is 0.695. The first-order valence-corrected chi connectivity index (χ1v) is 9.65. The maximum atomic E-state index is 12.2. The van der Waals surface area contributed by atoms with Gasteiger partial charge in [-0.15, -0.1) is 0 Å². The second kappa shape index (κ2) is 6.89. The van der Waals surface area contributed by atoms with Crippen molar-refractivity contribution < 1.29 is 27.5 Å². The Hall–Kier alpha value is -2.33. The van der Waals surface area contributed by atoms with Gasteiger partial charge in [0.1, 0.15) is 0 Å². The molecule has 2 heterocycles. The number of nitrogens with one attached hydrogen (secondary N) is 2. The molecule has 1 unspecified atom stereocenters. The molecule has 136 valence electrons. The van der Waals surface area contributed by atoms with Crippen molar-refractivity contribution in [2.24, 2.45) is 5.92 Å². The van der Waals surface area contributed by atoms with Gasteiger partial charge in [-0.3, -0.25) is 9.59 Å². The van der Waals surface area contributed by atoms with Gasteiger partial charge in [-0.2, -0.15) is 0 Å². The molecule has 0 bridgehead atoms. The molecule has 1 aromatic carbocycles. The van der Waals surface area contributed by atoms with Crippen LogP contribution in [0, 0.1) is 5.92 Å². The third kappa shape index (κ3) is 4.20. The number of nitrogens with zero attached hydrogens (tertiary/aromatic N) is 1. The lowest BCUT2D eigenvalue weighted by molar-refractivity contribution is -0.126. The molecule has 1 saturated heterocycles. The fourth-order valence-electron chi connectivity index (χ4n) is 2.75. The number of ether oxygens (including phenoxy) is 2. The smallest absolute Gasteiger partial charge is 0.231 e. The maximum absolute atomic E-state index is 12.2. The molecule has 2 aliphatic heterocycles. The van der Waals surface area contributed by atoms with Gasteiger partial charge in [-0.05, 0) is 12.1 Å². The van der Waals surface area contributed by atoms with Crippen LogP contribution in [0.1, 0.15) is 6.42 Å². The molecule has 9 nitrogen and oxygen atoms in total. The average Bonchev–Trinajstić information content (AvgIpc) is 3.16. The molecular formula is C15H19N3O6S. The van der Waals surface area contributed by atoms with E-state index in [4.69, 9.17) is 9.47 Å². The average molecular weight is 369 g/mol. The van der Waals surface area contributed by atoms with E-state index in [1.54, 1.807) is 23.1 Å². The van der Waals surface area contributed by atoms with Gasteiger partial charge in [-0.25, -0.2) is 13.1 Å². The van der Waals surface area contributed by atoms with E-state index in [1.165, 1.54) is 0 Å². The number of amides is 2. The van der Waals surface area contributed by atoms with Crippen LogP contribution in [-0.4, -0.2) is 52.9 Å². The van der Waals surface area contributed by atoms with Crippen molar-refractivity contribution in [1.29, 1.82) is 0 Å². The van der Waals surface area contributed by atoms with Crippen LogP contribution in [0.5, 0.6) is 11.5 Å². The largest absolute Gasteiger partial charge is 0.454 e. The molecule has 0 radical (unpaired) electrons. The summed E-state index contributed by atoms with van der Waals surface area (Å²) in [7, 11) is -3.29. The van der Waals surface area contributed by atoms with Gasteiger partial charge in [0.05, 0.1) is 12.2 Å². The molecule has 1 atom stereocenters. The summed E-state index contributed by atoms with van der Waals surface area (Å²) in [6.07, 6.45) is 1.16. The normalized spacial score (nSPS) is 19.3. The molecule has 0 aromatic heterocycles. The van der Waals surface area contributed by atoms with E-state index in [0.717, 1.165) is 6.26 Å². The summed E-state index contributed by atoms with van der Waals surface area (Å²) < 4.78 is 34.8. The minimum absolute atomic E-state index is 0.108. The molecule has 2 aliphatic rings. The highest BCUT2D eigenvalue weighted by Gasteiger charge is 2.35. The number of hydrogen-bond donors (Lipinski definition) is 2. The molecule has 0 spiro atoms. The highest BCUT2D eigenvalue weighted by Crippen LogP contribution is 2.37. The van der Waals surface area contributed by atoms with Crippen LogP contribution in [0.4, 0.5) is 5.69 Å². The Morgan fingerprint density at radius 3 is 2.80 bits per heavy atom. The van der Waals surface area contributed by atoms with E-state index < -0.39 is 15.9 Å². The Kier molecular flexibility index (Phi) is 4.82. The van der Waals surface area contributed by atoms with Crippen molar-refractivity contribution >= 4 is 27.5 Å². The standard InChI is InChI=1S/C15H19N3O6S/c1-25(21,22)17-5-4-16-15(20)10-6-14(19)18(8-10)11-2-3-12-13(7-11)24-9-23-12/h2-3,7,10,17H,4-6,8-9H2,1H3,(H,16,20). The summed E-state index contributed by atoms with van der Waals surface area (Å²) in [5.74, 6) is 0.310. The third-order valence-corrected chi connectivity index (χ3v) is 4.68. The van der Waals surface area contributed by atoms with Crippen molar-refractivity contribution in [1.82, 2.24) is 10.0 Å². The first-order valence-electron chi connectivity index (χ1n) is 7.76. The minimum Gasteiger partial charge on any atom is -0.454 e. The van der Waals surface area contributed by atoms with Gasteiger partial charge < -0.3 is 19.7 Å². The third-order valence-electron chi connectivity index (χ3n) is 3.95. The molecule has 25 heavy (non-hydrogen) atoms. The fourth-order valence-corrected chi connectivity index (χ4v) is 3.23. The van der Waals surface area contributed by atoms with E-state index in [9.17, 15) is 18.0 Å². The number of carbonyl (C=O) groups is 2. The molecule has 2 N–H and O–H groups in total. The van der Waals surface area contributed by atoms with E-state index in [2.05, 4.69) is 10.0 Å². The number of anilines is 1. The highest BCUT2D eigenvalue weighted by molar-refractivity contribution is 7.88. The molecule has 0 aliphatic carbocycles. The monoisotopic (exact) mass is 369 g/mol. The Bertz CT molecular complexity index is 794. The van der Waals surface area contributed by atoms with Gasteiger partial charge >= 0.3 is 0 Å². The topological polar surface area (TPSA) is 114 Å². The van der Waals surface area contributed by atoms with Gasteiger partial charge in [-0.1, -0.05) is 0 Å². The van der Waals surface area contributed by atoms with Crippen molar-refractivity contribution in [3.05, 3.63) is 18.2 Å². The lowest BCUT2D eigenvalue weighted by Crippen LogP contribution is -2.38. The first kappa shape index (κ1) is 17.5. The summed E-state index contributed by atoms with van der Waals surface area (Å²) in [5.41, 5.74) is 0.656. The fraction of sp³-hybridized carbons (Fsp3) is 0.467. The maximum Gasteiger partial charge on any atom is 0.231 e. The Morgan fingerprint density at radius 2 is 2.04 bits per heavy atom. The molecule has 1 fully saturated rings. The van der Waals surface area contributed by atoms with Crippen LogP contribution in [0.15, 0.2) is 18.2 Å². The van der Waals surface area contributed by atoms with Crippen molar-refractivity contribution in [3.63, 3.8) is 0 Å². The Labute approximate surface area is 145 Å². The lowest BCUT2D eigenvalue weighted by Gasteiger charge is -2.17. The number of benzene rings is 1. The zero-order valence-corrected chi connectivity index (χ0v) is 14.5. The van der Waals surface area contributed by atoms with Crippen LogP contribution in [0.3, 0.4) is 0 Å². The molecular weight excluding hydrogens is 350 g/mol. The molecule has 2 amide bonds. The van der Waals surface area contributed by atoms with Gasteiger partial charge in [0.15, 0.2) is 11.5 Å². The van der Waals surface area contributed by atoms with Crippen LogP contribution >= 0.6 is 0 Å². The Morgan fingerprint density at radius 1 is 1.28 bits per heavy atom. The number of rotatable bonds is 6. The van der Waals surface area contributed by atoms with Gasteiger partial charge in [0.25, 0.3) is 0 Å². The highest BCUT2D eigenvalue weighted by atomic mass is 32.2. The molecule has 1 aromatic rings.